The first-order chi connectivity index (χ1) is 15.1. The van der Waals surface area contributed by atoms with Gasteiger partial charge < -0.3 is 24.6 Å². The number of carboxylic acid groups (broad SMARTS) is 1. The number of carbonyl (C=O) groups is 1. The maximum Gasteiger partial charge on any atom is 0.335 e. The highest BCUT2D eigenvalue weighted by atomic mass is 32.1. The second kappa shape index (κ2) is 9.28. The fraction of sp³-hybridized carbons (Fsp3) is 0.261. The molecule has 2 N–H and O–H groups in total. The van der Waals surface area contributed by atoms with Gasteiger partial charge in [-0.15, -0.1) is 0 Å². The third-order valence-corrected chi connectivity index (χ3v) is 5.77. The molecule has 4 rings (SSSR count). The number of hydrogen-bond acceptors (Lipinski definition) is 4. The van der Waals surface area contributed by atoms with E-state index >= 15 is 0 Å². The molecule has 1 saturated heterocycles. The van der Waals surface area contributed by atoms with Crippen molar-refractivity contribution in [2.24, 2.45) is 0 Å². The van der Waals surface area contributed by atoms with Gasteiger partial charge in [-0.25, -0.2) is 4.79 Å². The summed E-state index contributed by atoms with van der Waals surface area (Å²) in [4.78, 5) is 18.0. The van der Waals surface area contributed by atoms with Crippen LogP contribution < -0.4 is 5.32 Å². The molecule has 160 valence electrons. The van der Waals surface area contributed by atoms with E-state index in [-0.39, 0.29) is 17.6 Å². The van der Waals surface area contributed by atoms with Gasteiger partial charge in [-0.2, -0.15) is 0 Å². The van der Waals surface area contributed by atoms with Gasteiger partial charge >= 0.3 is 5.97 Å². The van der Waals surface area contributed by atoms with Crippen LogP contribution in [0.15, 0.2) is 67.0 Å². The number of nitrogens with one attached hydrogen (secondary N) is 1. The molecule has 31 heavy (non-hydrogen) atoms. The molecule has 0 spiro atoms. The zero-order valence-electron chi connectivity index (χ0n) is 17.1. The summed E-state index contributed by atoms with van der Waals surface area (Å²) >= 11 is 5.70. The van der Waals surface area contributed by atoms with Crippen LogP contribution in [-0.2, 0) is 4.74 Å². The standard InChI is InChI=1S/C23H24N4O3S/c1-30-15-5-14-27-21(20(25-23(27)31)18-6-2-3-12-24-18)19-7-4-13-26(19)17-10-8-16(9-11-17)22(28)29/h2-4,6-13,20-21H,5,14-15H2,1H3,(H,25,31)(H,28,29)/t20-,21+/m0/s1. The smallest absolute Gasteiger partial charge is 0.335 e. The van der Waals surface area contributed by atoms with Gasteiger partial charge in [0.25, 0.3) is 0 Å². The monoisotopic (exact) mass is 436 g/mol. The summed E-state index contributed by atoms with van der Waals surface area (Å²) in [6.07, 6.45) is 4.61. The van der Waals surface area contributed by atoms with Gasteiger partial charge in [0.1, 0.15) is 0 Å². The van der Waals surface area contributed by atoms with Crippen molar-refractivity contribution in [1.82, 2.24) is 19.8 Å². The quantitative estimate of drug-likeness (QED) is 0.413. The van der Waals surface area contributed by atoms with Crippen molar-refractivity contribution in [2.45, 2.75) is 18.5 Å². The number of thiocarbonyl (C=S) groups is 1. The van der Waals surface area contributed by atoms with E-state index in [2.05, 4.69) is 25.8 Å². The van der Waals surface area contributed by atoms with E-state index in [1.807, 2.05) is 42.6 Å². The molecule has 1 aliphatic heterocycles. The molecular weight excluding hydrogens is 412 g/mol. The summed E-state index contributed by atoms with van der Waals surface area (Å²) in [7, 11) is 1.70. The van der Waals surface area contributed by atoms with Gasteiger partial charge in [0.05, 0.1) is 23.3 Å². The third kappa shape index (κ3) is 4.30. The van der Waals surface area contributed by atoms with Crippen LogP contribution in [0.25, 0.3) is 5.69 Å². The molecule has 7 nitrogen and oxygen atoms in total. The van der Waals surface area contributed by atoms with Gasteiger partial charge in [0.2, 0.25) is 0 Å². The van der Waals surface area contributed by atoms with Crippen LogP contribution in [0.2, 0.25) is 0 Å². The van der Waals surface area contributed by atoms with E-state index in [0.717, 1.165) is 30.0 Å². The Labute approximate surface area is 186 Å². The van der Waals surface area contributed by atoms with Crippen LogP contribution in [0, 0.1) is 0 Å². The predicted molar refractivity (Wildman–Crippen MR) is 121 cm³/mol. The summed E-state index contributed by atoms with van der Waals surface area (Å²) in [6.45, 7) is 1.40. The molecule has 3 aromatic rings. The maximum absolute atomic E-state index is 11.2. The second-order valence-electron chi connectivity index (χ2n) is 7.32. The largest absolute Gasteiger partial charge is 0.478 e. The molecular formula is C23H24N4O3S. The average molecular weight is 437 g/mol. The molecule has 0 amide bonds. The minimum absolute atomic E-state index is 0.0755. The number of aromatic carboxylic acids is 1. The van der Waals surface area contributed by atoms with Crippen molar-refractivity contribution in [3.8, 4) is 5.69 Å². The van der Waals surface area contributed by atoms with Crippen LogP contribution >= 0.6 is 12.2 Å². The summed E-state index contributed by atoms with van der Waals surface area (Å²) < 4.78 is 7.32. The summed E-state index contributed by atoms with van der Waals surface area (Å²) in [5, 5.41) is 13.3. The number of ether oxygens (including phenoxy) is 1. The maximum atomic E-state index is 11.2. The average Bonchev–Trinajstić information content (AvgIpc) is 3.39. The molecule has 0 saturated carbocycles. The highest BCUT2D eigenvalue weighted by molar-refractivity contribution is 7.80. The molecule has 1 fully saturated rings. The third-order valence-electron chi connectivity index (χ3n) is 5.42. The number of hydrogen-bond donors (Lipinski definition) is 2. The highest BCUT2D eigenvalue weighted by Crippen LogP contribution is 2.39. The molecule has 2 aromatic heterocycles. The van der Waals surface area contributed by atoms with E-state index in [1.54, 1.807) is 25.4 Å². The molecule has 1 aliphatic rings. The minimum atomic E-state index is -0.941. The number of methoxy groups -OCH3 is 1. The Morgan fingerprint density at radius 3 is 2.68 bits per heavy atom. The Morgan fingerprint density at radius 2 is 2.00 bits per heavy atom. The van der Waals surface area contributed by atoms with E-state index in [0.29, 0.717) is 11.7 Å². The number of carboxylic acids is 1. The molecule has 8 heteroatoms. The molecule has 1 aromatic carbocycles. The highest BCUT2D eigenvalue weighted by Gasteiger charge is 2.40. The van der Waals surface area contributed by atoms with Gasteiger partial charge in [0, 0.05) is 44.0 Å². The lowest BCUT2D eigenvalue weighted by atomic mass is 10.0. The number of pyridine rings is 1. The lowest BCUT2D eigenvalue weighted by Crippen LogP contribution is -2.32. The van der Waals surface area contributed by atoms with Crippen LogP contribution in [-0.4, -0.2) is 50.9 Å². The van der Waals surface area contributed by atoms with Crippen LogP contribution in [0.3, 0.4) is 0 Å². The normalized spacial score (nSPS) is 18.2. The molecule has 0 aliphatic carbocycles. The Morgan fingerprint density at radius 1 is 1.19 bits per heavy atom. The van der Waals surface area contributed by atoms with Crippen molar-refractivity contribution >= 4 is 23.3 Å². The molecule has 0 unspecified atom stereocenters. The zero-order chi connectivity index (χ0) is 21.8. The lowest BCUT2D eigenvalue weighted by Gasteiger charge is -2.29. The summed E-state index contributed by atoms with van der Waals surface area (Å²) in [5.74, 6) is -0.941. The second-order valence-corrected chi connectivity index (χ2v) is 7.71. The Hall–Kier alpha value is -3.23. The molecule has 3 heterocycles. The topological polar surface area (TPSA) is 79.6 Å². The molecule has 2 atom stereocenters. The minimum Gasteiger partial charge on any atom is -0.478 e. The van der Waals surface area contributed by atoms with Gasteiger partial charge in [-0.1, -0.05) is 6.07 Å². The lowest BCUT2D eigenvalue weighted by molar-refractivity contribution is 0.0697. The van der Waals surface area contributed by atoms with E-state index in [9.17, 15) is 9.90 Å². The van der Waals surface area contributed by atoms with Crippen molar-refractivity contribution in [1.29, 1.82) is 0 Å². The van der Waals surface area contributed by atoms with E-state index in [4.69, 9.17) is 17.0 Å². The number of rotatable bonds is 8. The Balaban J connectivity index is 1.74. The van der Waals surface area contributed by atoms with E-state index in [1.165, 1.54) is 0 Å². The Bertz CT molecular complexity index is 1050. The van der Waals surface area contributed by atoms with Crippen LogP contribution in [0.4, 0.5) is 0 Å². The summed E-state index contributed by atoms with van der Waals surface area (Å²) in [6, 6.07) is 16.6. The Kier molecular flexibility index (Phi) is 6.29. The van der Waals surface area contributed by atoms with Crippen molar-refractivity contribution in [3.63, 3.8) is 0 Å². The van der Waals surface area contributed by atoms with E-state index < -0.39 is 5.97 Å². The number of benzene rings is 1. The van der Waals surface area contributed by atoms with Crippen LogP contribution in [0.5, 0.6) is 0 Å². The van der Waals surface area contributed by atoms with Gasteiger partial charge in [-0.05, 0) is 67.2 Å². The van der Waals surface area contributed by atoms with Crippen molar-refractivity contribution in [2.75, 3.05) is 20.3 Å². The molecule has 0 radical (unpaired) electrons. The zero-order valence-corrected chi connectivity index (χ0v) is 18.0. The van der Waals surface area contributed by atoms with Crippen molar-refractivity contribution in [3.05, 3.63) is 83.9 Å². The van der Waals surface area contributed by atoms with Crippen LogP contribution in [0.1, 0.15) is 40.3 Å². The summed E-state index contributed by atoms with van der Waals surface area (Å²) in [5.41, 5.74) is 3.11. The first-order valence-corrected chi connectivity index (χ1v) is 10.5. The SMILES string of the molecule is COCCCN1C(=S)N[C@@H](c2ccccn2)[C@H]1c1cccn1-c1ccc(C(=O)O)cc1. The van der Waals surface area contributed by atoms with Gasteiger partial charge in [0.15, 0.2) is 5.11 Å². The molecule has 0 bridgehead atoms. The number of nitrogens with zero attached hydrogens (tertiary/aromatic N) is 3. The predicted octanol–water partition coefficient (Wildman–Crippen LogP) is 3.58. The van der Waals surface area contributed by atoms with Crippen molar-refractivity contribution < 1.29 is 14.6 Å². The number of aromatic nitrogens is 2. The first-order valence-electron chi connectivity index (χ1n) is 10.1. The fourth-order valence-electron chi connectivity index (χ4n) is 3.98. The first kappa shape index (κ1) is 21.0. The fourth-order valence-corrected chi connectivity index (χ4v) is 4.31. The van der Waals surface area contributed by atoms with Gasteiger partial charge in [-0.3, -0.25) is 4.98 Å².